The number of carbonyl (C=O) groups excluding carboxylic acids is 1. The zero-order chi connectivity index (χ0) is 13.5. The number of hydrogen-bond donors (Lipinski definition) is 1. The molecule has 1 N–H and O–H groups in total. The van der Waals surface area contributed by atoms with Crippen LogP contribution < -0.4 is 0 Å². The number of rotatable bonds is 2. The Labute approximate surface area is 101 Å². The highest BCUT2D eigenvalue weighted by Gasteiger charge is 2.34. The second-order valence-electron chi connectivity index (χ2n) is 4.32. The Morgan fingerprint density at radius 1 is 1.33 bits per heavy atom. The number of aromatic nitrogens is 2. The van der Waals surface area contributed by atoms with E-state index in [0.717, 1.165) is 6.07 Å². The van der Waals surface area contributed by atoms with Gasteiger partial charge in [0, 0.05) is 11.3 Å². The standard InChI is InChI=1S/C12H11F3N2O/c1-6(2)11(18)10-7-4-3-5-8(12(13,14)15)9(7)16-17-10/h3-6H,1-2H3,(H,16,17). The van der Waals surface area contributed by atoms with Crippen molar-refractivity contribution < 1.29 is 18.0 Å². The lowest BCUT2D eigenvalue weighted by Crippen LogP contribution is -2.08. The van der Waals surface area contributed by atoms with Crippen LogP contribution in [0.5, 0.6) is 0 Å². The van der Waals surface area contributed by atoms with Crippen molar-refractivity contribution >= 4 is 16.7 Å². The summed E-state index contributed by atoms with van der Waals surface area (Å²) in [6.07, 6.45) is -4.48. The Kier molecular flexibility index (Phi) is 2.88. The molecule has 0 radical (unpaired) electrons. The van der Waals surface area contributed by atoms with Crippen molar-refractivity contribution in [2.75, 3.05) is 0 Å². The fraction of sp³-hybridized carbons (Fsp3) is 0.333. The molecule has 1 heterocycles. The number of benzene rings is 1. The van der Waals surface area contributed by atoms with Crippen molar-refractivity contribution in [2.24, 2.45) is 5.92 Å². The molecule has 2 aromatic rings. The average molecular weight is 256 g/mol. The van der Waals surface area contributed by atoms with Gasteiger partial charge in [-0.15, -0.1) is 0 Å². The maximum Gasteiger partial charge on any atom is 0.418 e. The molecule has 3 nitrogen and oxygen atoms in total. The van der Waals surface area contributed by atoms with Crippen molar-refractivity contribution in [1.29, 1.82) is 0 Å². The second kappa shape index (κ2) is 4.12. The smallest absolute Gasteiger partial charge is 0.292 e. The maximum absolute atomic E-state index is 12.7. The molecule has 6 heteroatoms. The molecule has 0 unspecified atom stereocenters. The summed E-state index contributed by atoms with van der Waals surface area (Å²) in [4.78, 5) is 11.8. The molecule has 0 saturated heterocycles. The summed E-state index contributed by atoms with van der Waals surface area (Å²) in [5.74, 6) is -0.556. The molecule has 0 spiro atoms. The molecule has 0 saturated carbocycles. The first-order valence-corrected chi connectivity index (χ1v) is 5.41. The Hall–Kier alpha value is -1.85. The van der Waals surface area contributed by atoms with Gasteiger partial charge in [-0.25, -0.2) is 0 Å². The molecule has 0 fully saturated rings. The summed E-state index contributed by atoms with van der Waals surface area (Å²) in [6.45, 7) is 3.37. The number of halogens is 3. The van der Waals surface area contributed by atoms with Crippen molar-refractivity contribution in [3.05, 3.63) is 29.5 Å². The van der Waals surface area contributed by atoms with E-state index in [1.54, 1.807) is 13.8 Å². The normalized spacial score (nSPS) is 12.3. The molecule has 2 rings (SSSR count). The Morgan fingerprint density at radius 3 is 2.56 bits per heavy atom. The SMILES string of the molecule is CC(C)C(=O)c1[nH]nc2c(C(F)(F)F)cccc12. The van der Waals surface area contributed by atoms with Crippen LogP contribution in [-0.4, -0.2) is 16.0 Å². The van der Waals surface area contributed by atoms with E-state index in [4.69, 9.17) is 0 Å². The van der Waals surface area contributed by atoms with E-state index in [9.17, 15) is 18.0 Å². The van der Waals surface area contributed by atoms with Gasteiger partial charge in [-0.05, 0) is 6.07 Å². The highest BCUT2D eigenvalue weighted by molar-refractivity contribution is 6.07. The third-order valence-electron chi connectivity index (χ3n) is 2.66. The average Bonchev–Trinajstić information content (AvgIpc) is 2.69. The van der Waals surface area contributed by atoms with E-state index in [-0.39, 0.29) is 28.3 Å². The van der Waals surface area contributed by atoms with Gasteiger partial charge in [0.15, 0.2) is 5.78 Å². The summed E-state index contributed by atoms with van der Waals surface area (Å²) >= 11 is 0. The van der Waals surface area contributed by atoms with Gasteiger partial charge in [-0.3, -0.25) is 9.89 Å². The number of alkyl halides is 3. The summed E-state index contributed by atoms with van der Waals surface area (Å²) in [5, 5.41) is 6.24. The number of carbonyl (C=O) groups is 1. The topological polar surface area (TPSA) is 45.8 Å². The molecular weight excluding hydrogens is 245 g/mol. The fourth-order valence-electron chi connectivity index (χ4n) is 1.74. The zero-order valence-corrected chi connectivity index (χ0v) is 9.80. The number of aromatic amines is 1. The third kappa shape index (κ3) is 1.98. The molecule has 0 aliphatic rings. The Bertz CT molecular complexity index is 599. The van der Waals surface area contributed by atoms with Gasteiger partial charge in [0.1, 0.15) is 11.2 Å². The lowest BCUT2D eigenvalue weighted by Gasteiger charge is -2.06. The highest BCUT2D eigenvalue weighted by Crippen LogP contribution is 2.34. The first-order chi connectivity index (χ1) is 8.32. The van der Waals surface area contributed by atoms with Crippen molar-refractivity contribution in [1.82, 2.24) is 10.2 Å². The fourth-order valence-corrected chi connectivity index (χ4v) is 1.74. The van der Waals surface area contributed by atoms with Gasteiger partial charge in [-0.1, -0.05) is 26.0 Å². The van der Waals surface area contributed by atoms with Crippen molar-refractivity contribution in [3.63, 3.8) is 0 Å². The lowest BCUT2D eigenvalue weighted by molar-refractivity contribution is -0.136. The zero-order valence-electron chi connectivity index (χ0n) is 9.80. The number of fused-ring (bicyclic) bond motifs is 1. The van der Waals surface area contributed by atoms with Crippen LogP contribution in [0, 0.1) is 5.92 Å². The molecule has 1 aromatic carbocycles. The molecule has 96 valence electrons. The second-order valence-corrected chi connectivity index (χ2v) is 4.32. The van der Waals surface area contributed by atoms with Crippen LogP contribution in [0.4, 0.5) is 13.2 Å². The maximum atomic E-state index is 12.7. The predicted molar refractivity (Wildman–Crippen MR) is 60.3 cm³/mol. The number of Topliss-reactive ketones (excluding diaryl/α,β-unsaturated/α-hetero) is 1. The molecule has 0 amide bonds. The van der Waals surface area contributed by atoms with E-state index in [0.29, 0.717) is 0 Å². The third-order valence-corrected chi connectivity index (χ3v) is 2.66. The minimum absolute atomic E-state index is 0.131. The summed E-state index contributed by atoms with van der Waals surface area (Å²) in [7, 11) is 0. The molecule has 18 heavy (non-hydrogen) atoms. The first kappa shape index (κ1) is 12.6. The van der Waals surface area contributed by atoms with Gasteiger partial charge in [-0.2, -0.15) is 18.3 Å². The van der Waals surface area contributed by atoms with Gasteiger partial charge < -0.3 is 0 Å². The first-order valence-electron chi connectivity index (χ1n) is 5.41. The quantitative estimate of drug-likeness (QED) is 0.837. The van der Waals surface area contributed by atoms with E-state index in [1.165, 1.54) is 12.1 Å². The largest absolute Gasteiger partial charge is 0.418 e. The van der Waals surface area contributed by atoms with Gasteiger partial charge in [0.25, 0.3) is 0 Å². The lowest BCUT2D eigenvalue weighted by atomic mass is 10.0. The van der Waals surface area contributed by atoms with E-state index < -0.39 is 11.7 Å². The Balaban J connectivity index is 2.66. The molecule has 0 bridgehead atoms. The molecule has 0 aliphatic heterocycles. The number of ketones is 1. The molecule has 0 aliphatic carbocycles. The van der Waals surface area contributed by atoms with Gasteiger partial charge in [0.05, 0.1) is 5.56 Å². The minimum Gasteiger partial charge on any atom is -0.292 e. The molecule has 1 aromatic heterocycles. The molecular formula is C12H11F3N2O. The van der Waals surface area contributed by atoms with E-state index in [2.05, 4.69) is 10.2 Å². The van der Waals surface area contributed by atoms with Gasteiger partial charge in [0.2, 0.25) is 0 Å². The van der Waals surface area contributed by atoms with Gasteiger partial charge >= 0.3 is 6.18 Å². The summed E-state index contributed by atoms with van der Waals surface area (Å²) in [5.41, 5.74) is -0.917. The minimum atomic E-state index is -4.48. The van der Waals surface area contributed by atoms with E-state index in [1.807, 2.05) is 0 Å². The monoisotopic (exact) mass is 256 g/mol. The predicted octanol–water partition coefficient (Wildman–Crippen LogP) is 3.42. The van der Waals surface area contributed by atoms with Crippen LogP contribution in [0.15, 0.2) is 18.2 Å². The van der Waals surface area contributed by atoms with Crippen LogP contribution in [0.1, 0.15) is 29.9 Å². The number of para-hydroxylation sites is 1. The van der Waals surface area contributed by atoms with Crippen LogP contribution in [-0.2, 0) is 6.18 Å². The molecule has 0 atom stereocenters. The summed E-state index contributed by atoms with van der Waals surface area (Å²) < 4.78 is 38.2. The van der Waals surface area contributed by atoms with Crippen molar-refractivity contribution in [2.45, 2.75) is 20.0 Å². The van der Waals surface area contributed by atoms with E-state index >= 15 is 0 Å². The van der Waals surface area contributed by atoms with Crippen LogP contribution in [0.2, 0.25) is 0 Å². The van der Waals surface area contributed by atoms with Crippen molar-refractivity contribution in [3.8, 4) is 0 Å². The highest BCUT2D eigenvalue weighted by atomic mass is 19.4. The number of nitrogens with one attached hydrogen (secondary N) is 1. The Morgan fingerprint density at radius 2 is 2.00 bits per heavy atom. The number of nitrogens with zero attached hydrogens (tertiary/aromatic N) is 1. The number of hydrogen-bond acceptors (Lipinski definition) is 2. The summed E-state index contributed by atoms with van der Waals surface area (Å²) in [6, 6.07) is 3.69. The number of H-pyrrole nitrogens is 1. The van der Waals surface area contributed by atoms with Crippen LogP contribution in [0.25, 0.3) is 10.9 Å². The van der Waals surface area contributed by atoms with Crippen LogP contribution >= 0.6 is 0 Å². The van der Waals surface area contributed by atoms with Crippen LogP contribution in [0.3, 0.4) is 0 Å².